The monoisotopic (exact) mass is 166 g/mol. The Bertz CT molecular complexity index is 170. The Morgan fingerprint density at radius 1 is 1.42 bits per heavy atom. The molecule has 1 aromatic rings. The van der Waals surface area contributed by atoms with Gasteiger partial charge in [0.1, 0.15) is 0 Å². The third-order valence-electron chi connectivity index (χ3n) is 1.37. The van der Waals surface area contributed by atoms with Crippen molar-refractivity contribution in [2.75, 3.05) is 6.54 Å². The molecule has 12 heavy (non-hydrogen) atoms. The number of nitrogens with zero attached hydrogens (tertiary/aromatic N) is 1. The van der Waals surface area contributed by atoms with Gasteiger partial charge >= 0.3 is 0 Å². The predicted octanol–water partition coefficient (Wildman–Crippen LogP) is 2.14. The third-order valence-corrected chi connectivity index (χ3v) is 1.37. The van der Waals surface area contributed by atoms with Gasteiger partial charge in [-0.25, -0.2) is 0 Å². The number of rotatable bonds is 2. The molecule has 0 aromatic carbocycles. The molecule has 1 rings (SSSR count). The van der Waals surface area contributed by atoms with Crippen LogP contribution in [-0.4, -0.2) is 11.5 Å². The van der Waals surface area contributed by atoms with Crippen LogP contribution in [0.15, 0.2) is 24.4 Å². The van der Waals surface area contributed by atoms with Crippen molar-refractivity contribution < 1.29 is 0 Å². The number of hydrogen-bond acceptors (Lipinski definition) is 2. The van der Waals surface area contributed by atoms with Gasteiger partial charge in [-0.15, -0.1) is 0 Å². The highest BCUT2D eigenvalue weighted by Gasteiger charge is 1.73. The minimum atomic E-state index is 0.844. The molecule has 0 amide bonds. The van der Waals surface area contributed by atoms with Gasteiger partial charge in [0.25, 0.3) is 0 Å². The lowest BCUT2D eigenvalue weighted by Crippen LogP contribution is -1.95. The minimum Gasteiger partial charge on any atom is -0.330 e. The number of unbranched alkanes of at least 4 members (excludes halogenated alkanes) is 1. The molecule has 0 aliphatic rings. The Balaban J connectivity index is 0.000000217. The zero-order valence-corrected chi connectivity index (χ0v) is 7.96. The molecule has 68 valence electrons. The molecule has 0 bridgehead atoms. The lowest BCUT2D eigenvalue weighted by Gasteiger charge is -1.82. The smallest absolute Gasteiger partial charge is 0.0372 e. The second-order valence-electron chi connectivity index (χ2n) is 2.61. The van der Waals surface area contributed by atoms with Crippen LogP contribution in [0.4, 0.5) is 0 Å². The first-order valence-electron chi connectivity index (χ1n) is 4.39. The second-order valence-corrected chi connectivity index (χ2v) is 2.61. The first-order chi connectivity index (χ1) is 5.81. The lowest BCUT2D eigenvalue weighted by atomic mass is 10.3. The van der Waals surface area contributed by atoms with Gasteiger partial charge < -0.3 is 5.73 Å². The van der Waals surface area contributed by atoms with Crippen LogP contribution in [0.25, 0.3) is 0 Å². The van der Waals surface area contributed by atoms with Crippen molar-refractivity contribution >= 4 is 0 Å². The van der Waals surface area contributed by atoms with E-state index in [9.17, 15) is 0 Å². The fraction of sp³-hybridized carbons (Fsp3) is 0.500. The van der Waals surface area contributed by atoms with Gasteiger partial charge in [0, 0.05) is 11.9 Å². The van der Waals surface area contributed by atoms with Crippen LogP contribution >= 0.6 is 0 Å². The summed E-state index contributed by atoms with van der Waals surface area (Å²) in [6, 6.07) is 5.86. The van der Waals surface area contributed by atoms with Crippen LogP contribution in [0.1, 0.15) is 25.5 Å². The Morgan fingerprint density at radius 3 is 2.33 bits per heavy atom. The van der Waals surface area contributed by atoms with Gasteiger partial charge in [-0.2, -0.15) is 0 Å². The Morgan fingerprint density at radius 2 is 2.17 bits per heavy atom. The molecule has 0 aliphatic carbocycles. The van der Waals surface area contributed by atoms with Crippen molar-refractivity contribution in [3.05, 3.63) is 30.1 Å². The normalized spacial score (nSPS) is 8.58. The van der Waals surface area contributed by atoms with Crippen molar-refractivity contribution in [2.45, 2.75) is 26.7 Å². The van der Waals surface area contributed by atoms with Crippen molar-refractivity contribution in [2.24, 2.45) is 5.73 Å². The first kappa shape index (κ1) is 11.1. The van der Waals surface area contributed by atoms with E-state index in [4.69, 9.17) is 5.73 Å². The fourth-order valence-corrected chi connectivity index (χ4v) is 0.652. The number of hydrogen-bond donors (Lipinski definition) is 1. The van der Waals surface area contributed by atoms with Crippen LogP contribution in [0.2, 0.25) is 0 Å². The standard InChI is InChI=1S/C6H7N.C4H11N/c1-6-4-2-3-5-7-6;1-2-3-4-5/h2-5H,1H3;2-5H2,1H3. The summed E-state index contributed by atoms with van der Waals surface area (Å²) in [7, 11) is 0. The summed E-state index contributed by atoms with van der Waals surface area (Å²) >= 11 is 0. The summed E-state index contributed by atoms with van der Waals surface area (Å²) in [6.07, 6.45) is 4.17. The molecule has 1 aromatic heterocycles. The van der Waals surface area contributed by atoms with Crippen LogP contribution in [0.3, 0.4) is 0 Å². The second kappa shape index (κ2) is 8.21. The molecule has 0 saturated carbocycles. The Kier molecular flexibility index (Phi) is 7.60. The highest BCUT2D eigenvalue weighted by molar-refractivity contribution is 4.99. The lowest BCUT2D eigenvalue weighted by molar-refractivity contribution is 0.807. The van der Waals surface area contributed by atoms with Crippen LogP contribution in [0.5, 0.6) is 0 Å². The molecule has 0 spiro atoms. The molecule has 0 saturated heterocycles. The highest BCUT2D eigenvalue weighted by Crippen LogP contribution is 1.86. The molecule has 2 N–H and O–H groups in total. The van der Waals surface area contributed by atoms with Gasteiger partial charge in [0.05, 0.1) is 0 Å². The quantitative estimate of drug-likeness (QED) is 0.731. The predicted molar refractivity (Wildman–Crippen MR) is 52.9 cm³/mol. The summed E-state index contributed by atoms with van der Waals surface area (Å²) in [5.74, 6) is 0. The van der Waals surface area contributed by atoms with E-state index < -0.39 is 0 Å². The van der Waals surface area contributed by atoms with E-state index in [-0.39, 0.29) is 0 Å². The molecular formula is C10H18N2. The fourth-order valence-electron chi connectivity index (χ4n) is 0.652. The summed E-state index contributed by atoms with van der Waals surface area (Å²) in [4.78, 5) is 3.98. The zero-order valence-electron chi connectivity index (χ0n) is 7.96. The molecule has 2 heteroatoms. The van der Waals surface area contributed by atoms with E-state index in [0.717, 1.165) is 12.2 Å². The third kappa shape index (κ3) is 7.22. The van der Waals surface area contributed by atoms with E-state index in [1.807, 2.05) is 25.1 Å². The Hall–Kier alpha value is -0.890. The molecule has 0 aliphatic heterocycles. The van der Waals surface area contributed by atoms with Gasteiger partial charge in [-0.3, -0.25) is 4.98 Å². The van der Waals surface area contributed by atoms with Crippen LogP contribution in [0, 0.1) is 6.92 Å². The molecule has 0 atom stereocenters. The van der Waals surface area contributed by atoms with Gasteiger partial charge in [-0.05, 0) is 32.0 Å². The van der Waals surface area contributed by atoms with Crippen molar-refractivity contribution in [1.29, 1.82) is 0 Å². The average molecular weight is 166 g/mol. The van der Waals surface area contributed by atoms with Gasteiger partial charge in [0.15, 0.2) is 0 Å². The van der Waals surface area contributed by atoms with Gasteiger partial charge in [0.2, 0.25) is 0 Å². The molecule has 1 heterocycles. The van der Waals surface area contributed by atoms with Crippen LogP contribution < -0.4 is 5.73 Å². The highest BCUT2D eigenvalue weighted by atomic mass is 14.6. The minimum absolute atomic E-state index is 0.844. The van der Waals surface area contributed by atoms with Crippen molar-refractivity contribution in [1.82, 2.24) is 4.98 Å². The van der Waals surface area contributed by atoms with E-state index in [1.54, 1.807) is 6.20 Å². The SMILES string of the molecule is CCCCN.Cc1ccccn1. The maximum atomic E-state index is 5.14. The number of nitrogens with two attached hydrogens (primary N) is 1. The summed E-state index contributed by atoms with van der Waals surface area (Å²) in [6.45, 7) is 4.95. The molecule has 0 unspecified atom stereocenters. The van der Waals surface area contributed by atoms with Crippen LogP contribution in [-0.2, 0) is 0 Å². The number of aryl methyl sites for hydroxylation is 1. The number of aromatic nitrogens is 1. The topological polar surface area (TPSA) is 38.9 Å². The molecular weight excluding hydrogens is 148 g/mol. The van der Waals surface area contributed by atoms with E-state index in [0.29, 0.717) is 0 Å². The Labute approximate surface area is 74.8 Å². The zero-order chi connectivity index (χ0) is 9.23. The maximum Gasteiger partial charge on any atom is 0.0372 e. The summed E-state index contributed by atoms with van der Waals surface area (Å²) < 4.78 is 0. The molecule has 0 radical (unpaired) electrons. The summed E-state index contributed by atoms with van der Waals surface area (Å²) in [5, 5.41) is 0. The van der Waals surface area contributed by atoms with Gasteiger partial charge in [-0.1, -0.05) is 19.4 Å². The first-order valence-corrected chi connectivity index (χ1v) is 4.39. The van der Waals surface area contributed by atoms with Crippen molar-refractivity contribution in [3.8, 4) is 0 Å². The van der Waals surface area contributed by atoms with Crippen molar-refractivity contribution in [3.63, 3.8) is 0 Å². The molecule has 0 fully saturated rings. The molecule has 2 nitrogen and oxygen atoms in total. The average Bonchev–Trinajstić information content (AvgIpc) is 2.08. The largest absolute Gasteiger partial charge is 0.330 e. The maximum absolute atomic E-state index is 5.14. The van der Waals surface area contributed by atoms with E-state index in [1.165, 1.54) is 12.8 Å². The van der Waals surface area contributed by atoms with E-state index >= 15 is 0 Å². The number of pyridine rings is 1. The summed E-state index contributed by atoms with van der Waals surface area (Å²) in [5.41, 5.74) is 6.21. The van der Waals surface area contributed by atoms with E-state index in [2.05, 4.69) is 11.9 Å².